The van der Waals surface area contributed by atoms with Crippen molar-refractivity contribution in [1.29, 1.82) is 0 Å². The van der Waals surface area contributed by atoms with Crippen LogP contribution in [0.25, 0.3) is 0 Å². The number of halogens is 3. The standard InChI is InChI=1S/C29H29F3N4O2/c30-22-9-6-19(7-10-22)20-12-16-35(17-13-20)15-3-14-33-28(37)36-27(21-8-11-24(31)25(32)18-21)23-4-1-2-5-26(23)34-29(36)38/h1-2,4-11,18,20,27H,3,12-17H2,(H,33,37)(H,34,38). The number of imide groups is 1. The number of likely N-dealkylation sites (tertiary alicyclic amines) is 1. The van der Waals surface area contributed by atoms with Gasteiger partial charge in [-0.1, -0.05) is 36.4 Å². The van der Waals surface area contributed by atoms with Crippen molar-refractivity contribution in [2.45, 2.75) is 31.2 Å². The molecular formula is C29H29F3N4O2. The Hall–Kier alpha value is -3.85. The number of urea groups is 2. The van der Waals surface area contributed by atoms with Crippen molar-refractivity contribution in [3.63, 3.8) is 0 Å². The molecule has 0 saturated carbocycles. The largest absolute Gasteiger partial charge is 0.337 e. The molecule has 2 aliphatic heterocycles. The van der Waals surface area contributed by atoms with Crippen molar-refractivity contribution in [1.82, 2.24) is 15.1 Å². The molecule has 1 saturated heterocycles. The summed E-state index contributed by atoms with van der Waals surface area (Å²) in [5.41, 5.74) is 2.58. The number of para-hydroxylation sites is 1. The number of amides is 4. The topological polar surface area (TPSA) is 64.7 Å². The van der Waals surface area contributed by atoms with E-state index < -0.39 is 29.7 Å². The van der Waals surface area contributed by atoms with Crippen LogP contribution >= 0.6 is 0 Å². The second kappa shape index (κ2) is 11.3. The SMILES string of the molecule is O=C(NCCCN1CCC(c2ccc(F)cc2)CC1)N1C(=O)Nc2ccccc2C1c1ccc(F)c(F)c1. The van der Waals surface area contributed by atoms with Gasteiger partial charge < -0.3 is 15.5 Å². The Morgan fingerprint density at radius 1 is 0.921 bits per heavy atom. The Labute approximate surface area is 219 Å². The minimum atomic E-state index is -1.05. The zero-order valence-corrected chi connectivity index (χ0v) is 20.8. The average molecular weight is 523 g/mol. The van der Waals surface area contributed by atoms with E-state index in [2.05, 4.69) is 15.5 Å². The summed E-state index contributed by atoms with van der Waals surface area (Å²) in [6.07, 6.45) is 2.66. The fourth-order valence-corrected chi connectivity index (χ4v) is 5.31. The van der Waals surface area contributed by atoms with Gasteiger partial charge in [-0.15, -0.1) is 0 Å². The smallest absolute Gasteiger partial charge is 0.330 e. The van der Waals surface area contributed by atoms with Crippen molar-refractivity contribution in [2.24, 2.45) is 0 Å². The number of carbonyl (C=O) groups excluding carboxylic acids is 2. The Morgan fingerprint density at radius 2 is 1.63 bits per heavy atom. The maximum Gasteiger partial charge on any atom is 0.330 e. The molecule has 3 aromatic carbocycles. The third-order valence-electron chi connectivity index (χ3n) is 7.31. The summed E-state index contributed by atoms with van der Waals surface area (Å²) in [6, 6.07) is 14.9. The first-order valence-corrected chi connectivity index (χ1v) is 12.8. The Bertz CT molecular complexity index is 1310. The second-order valence-corrected chi connectivity index (χ2v) is 9.72. The molecule has 6 nitrogen and oxygen atoms in total. The molecule has 1 unspecified atom stereocenters. The molecule has 2 heterocycles. The maximum atomic E-state index is 14.1. The highest BCUT2D eigenvalue weighted by Gasteiger charge is 2.38. The van der Waals surface area contributed by atoms with E-state index in [1.807, 2.05) is 12.1 Å². The summed E-state index contributed by atoms with van der Waals surface area (Å²) in [7, 11) is 0. The number of hydrogen-bond donors (Lipinski definition) is 2. The van der Waals surface area contributed by atoms with Gasteiger partial charge in [0.15, 0.2) is 11.6 Å². The van der Waals surface area contributed by atoms with Crippen molar-refractivity contribution in [2.75, 3.05) is 31.5 Å². The zero-order valence-electron chi connectivity index (χ0n) is 20.8. The van der Waals surface area contributed by atoms with Crippen LogP contribution in [0.15, 0.2) is 66.7 Å². The number of anilines is 1. The van der Waals surface area contributed by atoms with Gasteiger partial charge >= 0.3 is 12.1 Å². The molecule has 1 atom stereocenters. The van der Waals surface area contributed by atoms with Gasteiger partial charge in [-0.3, -0.25) is 0 Å². The van der Waals surface area contributed by atoms with Crippen LogP contribution in [0.1, 0.15) is 47.9 Å². The molecule has 2 aliphatic rings. The number of nitrogens with zero attached hydrogens (tertiary/aromatic N) is 2. The molecule has 3 aromatic rings. The van der Waals surface area contributed by atoms with Gasteiger partial charge in [0.1, 0.15) is 5.82 Å². The molecule has 0 aromatic heterocycles. The molecule has 198 valence electrons. The van der Waals surface area contributed by atoms with E-state index in [4.69, 9.17) is 0 Å². The first-order chi connectivity index (χ1) is 18.4. The number of hydrogen-bond acceptors (Lipinski definition) is 3. The lowest BCUT2D eigenvalue weighted by Crippen LogP contribution is -2.51. The average Bonchev–Trinajstić information content (AvgIpc) is 2.92. The fraction of sp³-hybridized carbons (Fsp3) is 0.310. The van der Waals surface area contributed by atoms with Crippen molar-refractivity contribution >= 4 is 17.7 Å². The van der Waals surface area contributed by atoms with Gasteiger partial charge in [-0.2, -0.15) is 0 Å². The summed E-state index contributed by atoms with van der Waals surface area (Å²) in [5.74, 6) is -1.86. The highest BCUT2D eigenvalue weighted by atomic mass is 19.2. The van der Waals surface area contributed by atoms with Gasteiger partial charge in [0.2, 0.25) is 0 Å². The number of benzene rings is 3. The first kappa shape index (κ1) is 25.8. The Balaban J connectivity index is 1.18. The molecule has 0 spiro atoms. The van der Waals surface area contributed by atoms with Crippen LogP contribution in [-0.2, 0) is 0 Å². The van der Waals surface area contributed by atoms with Crippen LogP contribution in [0.4, 0.5) is 28.4 Å². The molecule has 1 fully saturated rings. The normalized spacial score (nSPS) is 18.1. The molecule has 9 heteroatoms. The van der Waals surface area contributed by atoms with Gasteiger partial charge in [-0.25, -0.2) is 27.7 Å². The summed E-state index contributed by atoms with van der Waals surface area (Å²) < 4.78 is 40.9. The van der Waals surface area contributed by atoms with Crippen molar-refractivity contribution in [3.8, 4) is 0 Å². The monoisotopic (exact) mass is 522 g/mol. The Morgan fingerprint density at radius 3 is 2.37 bits per heavy atom. The number of fused-ring (bicyclic) bond motifs is 1. The lowest BCUT2D eigenvalue weighted by atomic mass is 9.89. The fourth-order valence-electron chi connectivity index (χ4n) is 5.31. The summed E-state index contributed by atoms with van der Waals surface area (Å²) in [6.45, 7) is 2.98. The van der Waals surface area contributed by atoms with E-state index >= 15 is 0 Å². The van der Waals surface area contributed by atoms with Gasteiger partial charge in [-0.05, 0) is 86.3 Å². The van der Waals surface area contributed by atoms with Gasteiger partial charge in [0.25, 0.3) is 0 Å². The van der Waals surface area contributed by atoms with E-state index in [9.17, 15) is 22.8 Å². The summed E-state index contributed by atoms with van der Waals surface area (Å²) in [5, 5.41) is 5.52. The van der Waals surface area contributed by atoms with E-state index in [1.54, 1.807) is 24.3 Å². The number of rotatable bonds is 6. The van der Waals surface area contributed by atoms with Crippen LogP contribution in [0.2, 0.25) is 0 Å². The van der Waals surface area contributed by atoms with Crippen molar-refractivity contribution in [3.05, 3.63) is 101 Å². The van der Waals surface area contributed by atoms with E-state index in [1.165, 1.54) is 18.2 Å². The zero-order chi connectivity index (χ0) is 26.6. The lowest BCUT2D eigenvalue weighted by molar-refractivity contribution is 0.180. The highest BCUT2D eigenvalue weighted by molar-refractivity contribution is 6.04. The number of carbonyl (C=O) groups is 2. The highest BCUT2D eigenvalue weighted by Crippen LogP contribution is 2.38. The predicted octanol–water partition coefficient (Wildman–Crippen LogP) is 6.02. The van der Waals surface area contributed by atoms with E-state index in [0.717, 1.165) is 55.1 Å². The third-order valence-corrected chi connectivity index (χ3v) is 7.31. The second-order valence-electron chi connectivity index (χ2n) is 9.72. The number of nitrogens with one attached hydrogen (secondary N) is 2. The predicted molar refractivity (Wildman–Crippen MR) is 138 cm³/mol. The Kier molecular flexibility index (Phi) is 7.64. The van der Waals surface area contributed by atoms with Crippen molar-refractivity contribution < 1.29 is 22.8 Å². The van der Waals surface area contributed by atoms with E-state index in [0.29, 0.717) is 35.7 Å². The minimum absolute atomic E-state index is 0.226. The maximum absolute atomic E-state index is 14.1. The molecule has 2 N–H and O–H groups in total. The molecule has 38 heavy (non-hydrogen) atoms. The minimum Gasteiger partial charge on any atom is -0.337 e. The van der Waals surface area contributed by atoms with Crippen LogP contribution < -0.4 is 10.6 Å². The molecule has 5 rings (SSSR count). The lowest BCUT2D eigenvalue weighted by Gasteiger charge is -2.36. The molecule has 4 amide bonds. The molecule has 0 radical (unpaired) electrons. The summed E-state index contributed by atoms with van der Waals surface area (Å²) >= 11 is 0. The van der Waals surface area contributed by atoms with Crippen LogP contribution in [0.3, 0.4) is 0 Å². The van der Waals surface area contributed by atoms with Gasteiger partial charge in [0, 0.05) is 17.8 Å². The summed E-state index contributed by atoms with van der Waals surface area (Å²) in [4.78, 5) is 29.5. The molecule has 0 aliphatic carbocycles. The van der Waals surface area contributed by atoms with Crippen LogP contribution in [-0.4, -0.2) is 48.0 Å². The van der Waals surface area contributed by atoms with Crippen LogP contribution in [0.5, 0.6) is 0 Å². The number of piperidine rings is 1. The molecule has 0 bridgehead atoms. The first-order valence-electron chi connectivity index (χ1n) is 12.8. The quantitative estimate of drug-likeness (QED) is 0.389. The van der Waals surface area contributed by atoms with Crippen LogP contribution in [0, 0.1) is 17.5 Å². The van der Waals surface area contributed by atoms with Gasteiger partial charge in [0.05, 0.1) is 6.04 Å². The molecular weight excluding hydrogens is 493 g/mol. The van der Waals surface area contributed by atoms with E-state index in [-0.39, 0.29) is 5.82 Å². The third kappa shape index (κ3) is 5.52.